The molecule has 6 heteroatoms. The lowest BCUT2D eigenvalue weighted by Gasteiger charge is -2.09. The highest BCUT2D eigenvalue weighted by atomic mass is 35.5. The molecule has 1 amide bonds. The van der Waals surface area contributed by atoms with Gasteiger partial charge in [0.2, 0.25) is 5.91 Å². The Bertz CT molecular complexity index is 611. The predicted molar refractivity (Wildman–Crippen MR) is 91.9 cm³/mol. The number of halogens is 1. The minimum absolute atomic E-state index is 0.0535. The summed E-state index contributed by atoms with van der Waals surface area (Å²) in [4.78, 5) is 16.1. The normalized spacial score (nSPS) is 10.7. The van der Waals surface area contributed by atoms with Gasteiger partial charge in [-0.1, -0.05) is 0 Å². The van der Waals surface area contributed by atoms with Crippen molar-refractivity contribution < 1.29 is 9.53 Å². The number of hydrogen-bond acceptors (Lipinski definition) is 4. The molecule has 2 rings (SSSR count). The van der Waals surface area contributed by atoms with Crippen molar-refractivity contribution >= 4 is 34.0 Å². The molecule has 0 aliphatic carbocycles. The number of carbonyl (C=O) groups is 1. The summed E-state index contributed by atoms with van der Waals surface area (Å²) in [5.74, 6) is 1.27. The van der Waals surface area contributed by atoms with E-state index in [1.54, 1.807) is 0 Å². The Morgan fingerprint density at radius 2 is 2.09 bits per heavy atom. The van der Waals surface area contributed by atoms with Gasteiger partial charge in [0, 0.05) is 23.2 Å². The third kappa shape index (κ3) is 5.00. The molecular weight excluding hydrogens is 320 g/mol. The topological polar surface area (TPSA) is 51.2 Å². The molecule has 1 aromatic heterocycles. The second-order valence-corrected chi connectivity index (χ2v) is 6.31. The second-order valence-electron chi connectivity index (χ2n) is 5.07. The molecule has 1 heterocycles. The maximum atomic E-state index is 11.6. The van der Waals surface area contributed by atoms with Crippen molar-refractivity contribution in [2.75, 3.05) is 11.2 Å². The standard InChI is InChI=1S/C16H19ClN2O2S/c1-11(2)21-13-7-5-12(6-8-13)14-10-22-16(18-14)19-15(20)4-3-9-17/h5-8,10-11H,3-4,9H2,1-2H3,(H,18,19,20). The average Bonchev–Trinajstić information content (AvgIpc) is 2.93. The molecule has 0 atom stereocenters. The number of thiazole rings is 1. The van der Waals surface area contributed by atoms with Gasteiger partial charge >= 0.3 is 0 Å². The van der Waals surface area contributed by atoms with Crippen LogP contribution in [0, 0.1) is 0 Å². The van der Waals surface area contributed by atoms with Gasteiger partial charge in [-0.3, -0.25) is 4.79 Å². The van der Waals surface area contributed by atoms with E-state index in [-0.39, 0.29) is 12.0 Å². The number of amides is 1. The average molecular weight is 339 g/mol. The summed E-state index contributed by atoms with van der Waals surface area (Å²) in [5.41, 5.74) is 1.84. The van der Waals surface area contributed by atoms with E-state index >= 15 is 0 Å². The van der Waals surface area contributed by atoms with Crippen molar-refractivity contribution in [2.24, 2.45) is 0 Å². The summed E-state index contributed by atoms with van der Waals surface area (Å²) in [6, 6.07) is 7.78. The summed E-state index contributed by atoms with van der Waals surface area (Å²) >= 11 is 6.99. The van der Waals surface area contributed by atoms with Crippen molar-refractivity contribution in [3.8, 4) is 17.0 Å². The van der Waals surface area contributed by atoms with Gasteiger partial charge < -0.3 is 10.1 Å². The third-order valence-electron chi connectivity index (χ3n) is 2.81. The van der Waals surface area contributed by atoms with Crippen LogP contribution < -0.4 is 10.1 Å². The quantitative estimate of drug-likeness (QED) is 0.753. The Balaban J connectivity index is 2.00. The molecule has 0 unspecified atom stereocenters. The van der Waals surface area contributed by atoms with Gasteiger partial charge in [-0.05, 0) is 44.5 Å². The molecule has 2 aromatic rings. The molecule has 0 fully saturated rings. The fourth-order valence-electron chi connectivity index (χ4n) is 1.85. The Labute approximate surface area is 139 Å². The molecule has 0 saturated heterocycles. The fraction of sp³-hybridized carbons (Fsp3) is 0.375. The fourth-order valence-corrected chi connectivity index (χ4v) is 2.72. The Morgan fingerprint density at radius 1 is 1.36 bits per heavy atom. The summed E-state index contributed by atoms with van der Waals surface area (Å²) in [6.45, 7) is 3.99. The summed E-state index contributed by atoms with van der Waals surface area (Å²) in [6.07, 6.45) is 1.24. The lowest BCUT2D eigenvalue weighted by atomic mass is 10.2. The highest BCUT2D eigenvalue weighted by Gasteiger charge is 2.08. The molecule has 0 bridgehead atoms. The van der Waals surface area contributed by atoms with Crippen LogP contribution in [0.5, 0.6) is 5.75 Å². The predicted octanol–water partition coefficient (Wildman–Crippen LogP) is 4.55. The molecule has 0 aliphatic heterocycles. The zero-order chi connectivity index (χ0) is 15.9. The van der Waals surface area contributed by atoms with Crippen molar-refractivity contribution in [3.63, 3.8) is 0 Å². The molecule has 22 heavy (non-hydrogen) atoms. The minimum atomic E-state index is -0.0535. The zero-order valence-electron chi connectivity index (χ0n) is 12.6. The van der Waals surface area contributed by atoms with Crippen LogP contribution in [-0.2, 0) is 4.79 Å². The van der Waals surface area contributed by atoms with Crippen molar-refractivity contribution in [2.45, 2.75) is 32.8 Å². The number of nitrogens with one attached hydrogen (secondary N) is 1. The van der Waals surface area contributed by atoms with E-state index in [9.17, 15) is 4.79 Å². The first-order valence-corrected chi connectivity index (χ1v) is 8.58. The monoisotopic (exact) mass is 338 g/mol. The number of hydrogen-bond donors (Lipinski definition) is 1. The zero-order valence-corrected chi connectivity index (χ0v) is 14.2. The number of nitrogens with zero attached hydrogens (tertiary/aromatic N) is 1. The van der Waals surface area contributed by atoms with E-state index in [2.05, 4.69) is 10.3 Å². The first kappa shape index (κ1) is 16.8. The lowest BCUT2D eigenvalue weighted by molar-refractivity contribution is -0.116. The smallest absolute Gasteiger partial charge is 0.226 e. The van der Waals surface area contributed by atoms with Crippen LogP contribution in [0.2, 0.25) is 0 Å². The van der Waals surface area contributed by atoms with Crippen LogP contribution >= 0.6 is 22.9 Å². The first-order chi connectivity index (χ1) is 10.6. The number of rotatable bonds is 7. The van der Waals surface area contributed by atoms with E-state index in [1.165, 1.54) is 11.3 Å². The number of benzene rings is 1. The summed E-state index contributed by atoms with van der Waals surface area (Å²) in [5, 5.41) is 5.32. The van der Waals surface area contributed by atoms with E-state index in [0.29, 0.717) is 23.9 Å². The molecule has 0 spiro atoms. The largest absolute Gasteiger partial charge is 0.491 e. The van der Waals surface area contributed by atoms with Gasteiger partial charge in [0.15, 0.2) is 5.13 Å². The number of carbonyl (C=O) groups excluding carboxylic acids is 1. The lowest BCUT2D eigenvalue weighted by Crippen LogP contribution is -2.10. The highest BCUT2D eigenvalue weighted by Crippen LogP contribution is 2.26. The SMILES string of the molecule is CC(C)Oc1ccc(-c2csc(NC(=O)CCCCl)n2)cc1. The number of ether oxygens (including phenoxy) is 1. The highest BCUT2D eigenvalue weighted by molar-refractivity contribution is 7.14. The number of alkyl halides is 1. The Morgan fingerprint density at radius 3 is 2.73 bits per heavy atom. The summed E-state index contributed by atoms with van der Waals surface area (Å²) in [7, 11) is 0. The molecule has 0 radical (unpaired) electrons. The van der Waals surface area contributed by atoms with E-state index in [0.717, 1.165) is 17.0 Å². The van der Waals surface area contributed by atoms with Gasteiger partial charge in [-0.15, -0.1) is 22.9 Å². The van der Waals surface area contributed by atoms with Gasteiger partial charge in [0.05, 0.1) is 11.8 Å². The minimum Gasteiger partial charge on any atom is -0.491 e. The molecule has 118 valence electrons. The van der Waals surface area contributed by atoms with Crippen LogP contribution in [0.1, 0.15) is 26.7 Å². The van der Waals surface area contributed by atoms with Crippen molar-refractivity contribution in [1.29, 1.82) is 0 Å². The van der Waals surface area contributed by atoms with Crippen LogP contribution in [0.4, 0.5) is 5.13 Å². The van der Waals surface area contributed by atoms with Crippen molar-refractivity contribution in [1.82, 2.24) is 4.98 Å². The van der Waals surface area contributed by atoms with Gasteiger partial charge in [-0.2, -0.15) is 0 Å². The van der Waals surface area contributed by atoms with E-state index < -0.39 is 0 Å². The van der Waals surface area contributed by atoms with E-state index in [1.807, 2.05) is 43.5 Å². The maximum absolute atomic E-state index is 11.6. The molecular formula is C16H19ClN2O2S. The van der Waals surface area contributed by atoms with Gasteiger partial charge in [-0.25, -0.2) is 4.98 Å². The molecule has 4 nitrogen and oxygen atoms in total. The van der Waals surface area contributed by atoms with Crippen LogP contribution in [0.15, 0.2) is 29.6 Å². The summed E-state index contributed by atoms with van der Waals surface area (Å²) < 4.78 is 5.61. The molecule has 0 saturated carbocycles. The first-order valence-electron chi connectivity index (χ1n) is 7.17. The molecule has 1 N–H and O–H groups in total. The van der Waals surface area contributed by atoms with E-state index in [4.69, 9.17) is 16.3 Å². The van der Waals surface area contributed by atoms with Crippen LogP contribution in [0.3, 0.4) is 0 Å². The third-order valence-corrected chi connectivity index (χ3v) is 3.83. The maximum Gasteiger partial charge on any atom is 0.226 e. The van der Waals surface area contributed by atoms with Crippen molar-refractivity contribution in [3.05, 3.63) is 29.6 Å². The molecule has 0 aliphatic rings. The number of anilines is 1. The Kier molecular flexibility index (Phi) is 6.21. The molecule has 1 aromatic carbocycles. The van der Waals surface area contributed by atoms with Gasteiger partial charge in [0.1, 0.15) is 5.75 Å². The number of aromatic nitrogens is 1. The van der Waals surface area contributed by atoms with Gasteiger partial charge in [0.25, 0.3) is 0 Å². The Hall–Kier alpha value is -1.59. The second kappa shape index (κ2) is 8.15. The van der Waals surface area contributed by atoms with Crippen LogP contribution in [-0.4, -0.2) is 22.9 Å². The van der Waals surface area contributed by atoms with Crippen LogP contribution in [0.25, 0.3) is 11.3 Å².